The molecule has 1 aliphatic heterocycles. The first kappa shape index (κ1) is 14.4. The van der Waals surface area contributed by atoms with Gasteiger partial charge in [0.25, 0.3) is 10.0 Å². The fourth-order valence-electron chi connectivity index (χ4n) is 1.80. The predicted octanol–water partition coefficient (Wildman–Crippen LogP) is -0.109. The van der Waals surface area contributed by atoms with Gasteiger partial charge in [-0.1, -0.05) is 12.2 Å². The number of nitrogens with zero attached hydrogens (tertiary/aromatic N) is 1. The Kier molecular flexibility index (Phi) is 3.90. The summed E-state index contributed by atoms with van der Waals surface area (Å²) in [6.45, 7) is 2.14. The number of carbonyl (C=O) groups is 1. The van der Waals surface area contributed by atoms with Gasteiger partial charge in [-0.25, -0.2) is 8.42 Å². The maximum absolute atomic E-state index is 12.5. The van der Waals surface area contributed by atoms with Crippen LogP contribution in [0, 0.1) is 0 Å². The smallest absolute Gasteiger partial charge is 0.253 e. The first-order valence-electron chi connectivity index (χ1n) is 5.53. The van der Waals surface area contributed by atoms with Gasteiger partial charge in [-0.2, -0.15) is 4.31 Å². The maximum atomic E-state index is 12.5. The minimum Gasteiger partial charge on any atom is -0.389 e. The number of nitrogens with two attached hydrogens (primary N) is 1. The maximum Gasteiger partial charge on any atom is 0.253 e. The Morgan fingerprint density at radius 1 is 1.58 bits per heavy atom. The van der Waals surface area contributed by atoms with Crippen molar-refractivity contribution < 1.29 is 13.2 Å². The molecule has 1 aromatic rings. The van der Waals surface area contributed by atoms with Crippen LogP contribution in [-0.2, 0) is 14.8 Å². The van der Waals surface area contributed by atoms with Crippen molar-refractivity contribution in [3.05, 3.63) is 17.0 Å². The van der Waals surface area contributed by atoms with E-state index < -0.39 is 16.1 Å². The van der Waals surface area contributed by atoms with E-state index in [1.54, 1.807) is 13.0 Å². The van der Waals surface area contributed by atoms with E-state index in [2.05, 4.69) is 5.32 Å². The zero-order valence-electron chi connectivity index (χ0n) is 10.1. The number of piperazine rings is 1. The van der Waals surface area contributed by atoms with Gasteiger partial charge >= 0.3 is 0 Å². The molecule has 3 N–H and O–H groups in total. The van der Waals surface area contributed by atoms with E-state index in [0.29, 0.717) is 11.4 Å². The van der Waals surface area contributed by atoms with Crippen molar-refractivity contribution in [3.63, 3.8) is 0 Å². The molecule has 2 heterocycles. The summed E-state index contributed by atoms with van der Waals surface area (Å²) in [5.74, 6) is -0.291. The lowest BCUT2D eigenvalue weighted by Crippen LogP contribution is -2.55. The summed E-state index contributed by atoms with van der Waals surface area (Å²) >= 11 is 5.83. The van der Waals surface area contributed by atoms with Crippen LogP contribution in [0.25, 0.3) is 0 Å². The number of thiophene rings is 1. The summed E-state index contributed by atoms with van der Waals surface area (Å²) in [6.07, 6.45) is 0. The molecule has 19 heavy (non-hydrogen) atoms. The third kappa shape index (κ3) is 2.64. The van der Waals surface area contributed by atoms with Gasteiger partial charge in [0.05, 0.1) is 4.88 Å². The summed E-state index contributed by atoms with van der Waals surface area (Å²) < 4.78 is 26.2. The Hall–Kier alpha value is -1.03. The molecular formula is C10H13N3O3S3. The van der Waals surface area contributed by atoms with E-state index in [1.165, 1.54) is 10.4 Å². The number of amides is 1. The van der Waals surface area contributed by atoms with Crippen LogP contribution in [0.2, 0.25) is 0 Å². The quantitative estimate of drug-likeness (QED) is 0.759. The summed E-state index contributed by atoms with van der Waals surface area (Å²) in [5.41, 5.74) is 5.47. The van der Waals surface area contributed by atoms with Crippen LogP contribution in [0.5, 0.6) is 0 Å². The molecule has 1 saturated heterocycles. The monoisotopic (exact) mass is 319 g/mol. The summed E-state index contributed by atoms with van der Waals surface area (Å²) in [4.78, 5) is 12.2. The van der Waals surface area contributed by atoms with Crippen LogP contribution in [0.15, 0.2) is 16.3 Å². The fraction of sp³-hybridized carbons (Fsp3) is 0.400. The van der Waals surface area contributed by atoms with Crippen LogP contribution in [0.4, 0.5) is 0 Å². The Labute approximate surface area is 120 Å². The standard InChI is InChI=1S/C10H13N3O3S3/c1-6-10(14)12-4-5-13(6)19(15,16)8-3-2-7(18-8)9(11)17/h2-3,6H,4-5H2,1H3,(H2,11,17)(H,12,14). The number of nitrogens with one attached hydrogen (secondary N) is 1. The minimum atomic E-state index is -3.68. The van der Waals surface area contributed by atoms with Crippen LogP contribution < -0.4 is 11.1 Å². The summed E-state index contributed by atoms with van der Waals surface area (Å²) in [7, 11) is -3.68. The van der Waals surface area contributed by atoms with Gasteiger partial charge in [-0.3, -0.25) is 4.79 Å². The van der Waals surface area contributed by atoms with Gasteiger partial charge in [0.1, 0.15) is 15.2 Å². The molecule has 0 saturated carbocycles. The second-order valence-corrected chi connectivity index (χ2v) is 7.71. The predicted molar refractivity (Wildman–Crippen MR) is 76.6 cm³/mol. The normalized spacial score (nSPS) is 21.1. The van der Waals surface area contributed by atoms with Crippen LogP contribution >= 0.6 is 23.6 Å². The third-order valence-electron chi connectivity index (χ3n) is 2.83. The SMILES string of the molecule is CC1C(=O)NCCN1S(=O)(=O)c1ccc(C(N)=S)s1. The second kappa shape index (κ2) is 5.16. The van der Waals surface area contributed by atoms with Crippen molar-refractivity contribution in [3.8, 4) is 0 Å². The molecule has 0 aliphatic carbocycles. The molecule has 1 fully saturated rings. The molecule has 1 amide bonds. The third-order valence-corrected chi connectivity index (χ3v) is 6.73. The van der Waals surface area contributed by atoms with Gasteiger partial charge in [0.15, 0.2) is 0 Å². The Bertz CT molecular complexity index is 623. The van der Waals surface area contributed by atoms with E-state index in [0.717, 1.165) is 11.3 Å². The van der Waals surface area contributed by atoms with Gasteiger partial charge in [0.2, 0.25) is 5.91 Å². The number of hydrogen-bond acceptors (Lipinski definition) is 5. The number of carbonyl (C=O) groups excluding carboxylic acids is 1. The average molecular weight is 319 g/mol. The van der Waals surface area contributed by atoms with Crippen LogP contribution in [0.1, 0.15) is 11.8 Å². The highest BCUT2D eigenvalue weighted by atomic mass is 32.2. The Balaban J connectivity index is 2.35. The van der Waals surface area contributed by atoms with E-state index in [-0.39, 0.29) is 21.6 Å². The average Bonchev–Trinajstić information content (AvgIpc) is 2.82. The Morgan fingerprint density at radius 3 is 2.84 bits per heavy atom. The molecule has 9 heteroatoms. The minimum absolute atomic E-state index is 0.150. The molecule has 0 bridgehead atoms. The zero-order chi connectivity index (χ0) is 14.2. The number of hydrogen-bond donors (Lipinski definition) is 2. The molecule has 104 valence electrons. The Morgan fingerprint density at radius 2 is 2.26 bits per heavy atom. The molecule has 0 aromatic carbocycles. The van der Waals surface area contributed by atoms with Crippen LogP contribution in [-0.4, -0.2) is 42.8 Å². The number of thiocarbonyl (C=S) groups is 1. The lowest BCUT2D eigenvalue weighted by Gasteiger charge is -2.31. The molecular weight excluding hydrogens is 306 g/mol. The van der Waals surface area contributed by atoms with E-state index in [4.69, 9.17) is 18.0 Å². The molecule has 1 aromatic heterocycles. The van der Waals surface area contributed by atoms with E-state index in [1.807, 2.05) is 0 Å². The molecule has 6 nitrogen and oxygen atoms in total. The number of rotatable bonds is 3. The molecule has 1 unspecified atom stereocenters. The van der Waals surface area contributed by atoms with Gasteiger partial charge < -0.3 is 11.1 Å². The highest BCUT2D eigenvalue weighted by Crippen LogP contribution is 2.26. The van der Waals surface area contributed by atoms with Crippen molar-refractivity contribution >= 4 is 44.5 Å². The lowest BCUT2D eigenvalue weighted by molar-refractivity contribution is -0.126. The van der Waals surface area contributed by atoms with Gasteiger partial charge in [0, 0.05) is 13.1 Å². The van der Waals surface area contributed by atoms with Crippen molar-refractivity contribution in [2.45, 2.75) is 17.2 Å². The van der Waals surface area contributed by atoms with Crippen molar-refractivity contribution in [2.75, 3.05) is 13.1 Å². The molecule has 0 radical (unpaired) electrons. The summed E-state index contributed by atoms with van der Waals surface area (Å²) in [6, 6.07) is 2.33. The van der Waals surface area contributed by atoms with Crippen molar-refractivity contribution in [1.29, 1.82) is 0 Å². The second-order valence-electron chi connectivity index (χ2n) is 4.07. The molecule has 0 spiro atoms. The van der Waals surface area contributed by atoms with Crippen molar-refractivity contribution in [2.24, 2.45) is 5.73 Å². The first-order chi connectivity index (χ1) is 8.84. The number of sulfonamides is 1. The summed E-state index contributed by atoms with van der Waals surface area (Å²) in [5, 5.41) is 2.63. The van der Waals surface area contributed by atoms with E-state index >= 15 is 0 Å². The zero-order valence-corrected chi connectivity index (χ0v) is 12.6. The fourth-order valence-corrected chi connectivity index (χ4v) is 4.87. The molecule has 1 atom stereocenters. The highest BCUT2D eigenvalue weighted by molar-refractivity contribution is 7.91. The van der Waals surface area contributed by atoms with E-state index in [9.17, 15) is 13.2 Å². The highest BCUT2D eigenvalue weighted by Gasteiger charge is 2.36. The lowest BCUT2D eigenvalue weighted by atomic mass is 10.2. The topological polar surface area (TPSA) is 92.5 Å². The van der Waals surface area contributed by atoms with Gasteiger partial charge in [-0.15, -0.1) is 11.3 Å². The largest absolute Gasteiger partial charge is 0.389 e. The molecule has 2 rings (SSSR count). The van der Waals surface area contributed by atoms with Crippen LogP contribution in [0.3, 0.4) is 0 Å². The first-order valence-corrected chi connectivity index (χ1v) is 8.19. The van der Waals surface area contributed by atoms with Crippen molar-refractivity contribution in [1.82, 2.24) is 9.62 Å². The molecule has 1 aliphatic rings. The van der Waals surface area contributed by atoms with Gasteiger partial charge in [-0.05, 0) is 19.1 Å².